The van der Waals surface area contributed by atoms with Gasteiger partial charge in [-0.2, -0.15) is 5.10 Å². The van der Waals surface area contributed by atoms with Gasteiger partial charge in [0.2, 0.25) is 0 Å². The van der Waals surface area contributed by atoms with Gasteiger partial charge in [0.05, 0.1) is 6.21 Å². The molecule has 0 unspecified atom stereocenters. The average Bonchev–Trinajstić information content (AvgIpc) is 2.69. The van der Waals surface area contributed by atoms with E-state index in [4.69, 9.17) is 4.74 Å². The van der Waals surface area contributed by atoms with Crippen LogP contribution in [0.1, 0.15) is 27.0 Å². The fraction of sp³-hybridized carbons (Fsp3) is 0.0909. The van der Waals surface area contributed by atoms with Gasteiger partial charge in [0.1, 0.15) is 18.1 Å². The van der Waals surface area contributed by atoms with Crippen LogP contribution in [-0.4, -0.2) is 17.2 Å². The lowest BCUT2D eigenvalue weighted by molar-refractivity contribution is 0.0955. The molecule has 0 aliphatic carbocycles. The van der Waals surface area contributed by atoms with Gasteiger partial charge in [-0.3, -0.25) is 4.79 Å². The normalized spacial score (nSPS) is 10.7. The summed E-state index contributed by atoms with van der Waals surface area (Å²) in [5, 5.41) is 13.5. The third kappa shape index (κ3) is 5.19. The van der Waals surface area contributed by atoms with Crippen molar-refractivity contribution in [3.63, 3.8) is 0 Å². The number of benzene rings is 3. The summed E-state index contributed by atoms with van der Waals surface area (Å²) in [6.45, 7) is 2.51. The molecule has 0 aliphatic heterocycles. The molecule has 0 saturated carbocycles. The molecule has 0 bridgehead atoms. The quantitative estimate of drug-likeness (QED) is 0.515. The number of phenolic OH excluding ortho intramolecular Hbond substituents is 1. The molecule has 3 aromatic rings. The van der Waals surface area contributed by atoms with Gasteiger partial charge in [-0.25, -0.2) is 5.43 Å². The number of nitrogens with one attached hydrogen (secondary N) is 1. The monoisotopic (exact) mass is 360 g/mol. The lowest BCUT2D eigenvalue weighted by Gasteiger charge is -2.07. The van der Waals surface area contributed by atoms with Crippen LogP contribution in [0, 0.1) is 6.92 Å². The predicted octanol–water partition coefficient (Wildman–Crippen LogP) is 4.04. The Bertz CT molecular complexity index is 933. The highest BCUT2D eigenvalue weighted by molar-refractivity contribution is 5.95. The Labute approximate surface area is 157 Å². The zero-order valence-corrected chi connectivity index (χ0v) is 14.9. The minimum absolute atomic E-state index is 0.102. The van der Waals surface area contributed by atoms with Crippen LogP contribution in [0.2, 0.25) is 0 Å². The van der Waals surface area contributed by atoms with Crippen LogP contribution >= 0.6 is 0 Å². The maximum Gasteiger partial charge on any atom is 0.271 e. The van der Waals surface area contributed by atoms with Gasteiger partial charge >= 0.3 is 0 Å². The number of carbonyl (C=O) groups excluding carboxylic acids is 1. The SMILES string of the molecule is Cc1ccc(COc2ccc(C(=O)N/N=C\c3ccccc3O)cc2)cc1. The summed E-state index contributed by atoms with van der Waals surface area (Å²) in [5.41, 5.74) is 5.72. The summed E-state index contributed by atoms with van der Waals surface area (Å²) >= 11 is 0. The van der Waals surface area contributed by atoms with Crippen LogP contribution < -0.4 is 10.2 Å². The number of amides is 1. The van der Waals surface area contributed by atoms with Crippen molar-refractivity contribution < 1.29 is 14.6 Å². The number of hydrogen-bond acceptors (Lipinski definition) is 4. The number of para-hydroxylation sites is 1. The number of nitrogens with zero attached hydrogens (tertiary/aromatic N) is 1. The van der Waals surface area contributed by atoms with E-state index in [-0.39, 0.29) is 11.7 Å². The van der Waals surface area contributed by atoms with Crippen molar-refractivity contribution in [2.24, 2.45) is 5.10 Å². The molecular formula is C22H20N2O3. The summed E-state index contributed by atoms with van der Waals surface area (Å²) < 4.78 is 5.73. The van der Waals surface area contributed by atoms with Gasteiger partial charge in [-0.1, -0.05) is 42.0 Å². The third-order valence-electron chi connectivity index (χ3n) is 3.95. The average molecular weight is 360 g/mol. The largest absolute Gasteiger partial charge is 0.507 e. The van der Waals surface area contributed by atoms with Crippen molar-refractivity contribution in [3.05, 3.63) is 95.1 Å². The standard InChI is InChI=1S/C22H20N2O3/c1-16-6-8-17(9-7-16)15-27-20-12-10-18(11-13-20)22(26)24-23-14-19-4-2-3-5-21(19)25/h2-14,25H,15H2,1H3,(H,24,26)/b23-14-. The third-order valence-corrected chi connectivity index (χ3v) is 3.95. The van der Waals surface area contributed by atoms with E-state index < -0.39 is 0 Å². The first kappa shape index (κ1) is 18.2. The molecule has 0 aliphatic rings. The second-order valence-electron chi connectivity index (χ2n) is 6.06. The van der Waals surface area contributed by atoms with Crippen molar-refractivity contribution in [1.29, 1.82) is 0 Å². The van der Waals surface area contributed by atoms with Gasteiger partial charge in [0, 0.05) is 11.1 Å². The maximum absolute atomic E-state index is 12.1. The number of aromatic hydroxyl groups is 1. The van der Waals surface area contributed by atoms with Crippen LogP contribution in [0.4, 0.5) is 0 Å². The van der Waals surface area contributed by atoms with Gasteiger partial charge in [-0.15, -0.1) is 0 Å². The van der Waals surface area contributed by atoms with Crippen molar-refractivity contribution in [1.82, 2.24) is 5.43 Å². The topological polar surface area (TPSA) is 70.9 Å². The second-order valence-corrected chi connectivity index (χ2v) is 6.06. The molecule has 0 aromatic heterocycles. The van der Waals surface area contributed by atoms with Crippen LogP contribution in [0.15, 0.2) is 77.9 Å². The highest BCUT2D eigenvalue weighted by atomic mass is 16.5. The molecule has 136 valence electrons. The van der Waals surface area contributed by atoms with E-state index in [1.807, 2.05) is 31.2 Å². The fourth-order valence-corrected chi connectivity index (χ4v) is 2.38. The lowest BCUT2D eigenvalue weighted by Crippen LogP contribution is -2.17. The number of hydrogen-bond donors (Lipinski definition) is 2. The van der Waals surface area contributed by atoms with Crippen molar-refractivity contribution >= 4 is 12.1 Å². The van der Waals surface area contributed by atoms with E-state index in [9.17, 15) is 9.90 Å². The van der Waals surface area contributed by atoms with Crippen LogP contribution in [0.3, 0.4) is 0 Å². The number of ether oxygens (including phenoxy) is 1. The highest BCUT2D eigenvalue weighted by Gasteiger charge is 2.05. The summed E-state index contributed by atoms with van der Waals surface area (Å²) in [5.74, 6) is 0.446. The first-order valence-corrected chi connectivity index (χ1v) is 8.51. The van der Waals surface area contributed by atoms with E-state index in [0.29, 0.717) is 23.5 Å². The Morgan fingerprint density at radius 2 is 1.74 bits per heavy atom. The summed E-state index contributed by atoms with van der Waals surface area (Å²) in [7, 11) is 0. The smallest absolute Gasteiger partial charge is 0.271 e. The molecule has 3 rings (SSSR count). The maximum atomic E-state index is 12.1. The molecule has 1 amide bonds. The zero-order valence-electron chi connectivity index (χ0n) is 14.9. The molecule has 27 heavy (non-hydrogen) atoms. The molecule has 5 nitrogen and oxygen atoms in total. The Hall–Kier alpha value is -3.60. The second kappa shape index (κ2) is 8.67. The molecular weight excluding hydrogens is 340 g/mol. The first-order valence-electron chi connectivity index (χ1n) is 8.51. The Morgan fingerprint density at radius 3 is 2.44 bits per heavy atom. The molecule has 0 heterocycles. The Morgan fingerprint density at radius 1 is 1.04 bits per heavy atom. The van der Waals surface area contributed by atoms with Crippen LogP contribution in [-0.2, 0) is 6.61 Å². The Balaban J connectivity index is 1.54. The molecule has 3 aromatic carbocycles. The molecule has 0 radical (unpaired) electrons. The number of phenols is 1. The van der Waals surface area contributed by atoms with E-state index in [1.54, 1.807) is 48.5 Å². The van der Waals surface area contributed by atoms with Crippen LogP contribution in [0.5, 0.6) is 11.5 Å². The summed E-state index contributed by atoms with van der Waals surface area (Å²) in [6.07, 6.45) is 1.40. The molecule has 0 fully saturated rings. The molecule has 0 saturated heterocycles. The zero-order chi connectivity index (χ0) is 19.1. The van der Waals surface area contributed by atoms with Crippen molar-refractivity contribution in [2.75, 3.05) is 0 Å². The first-order chi connectivity index (χ1) is 13.1. The highest BCUT2D eigenvalue weighted by Crippen LogP contribution is 2.15. The van der Waals surface area contributed by atoms with E-state index in [2.05, 4.69) is 10.5 Å². The summed E-state index contributed by atoms with van der Waals surface area (Å²) in [6, 6.07) is 21.7. The lowest BCUT2D eigenvalue weighted by atomic mass is 10.2. The minimum Gasteiger partial charge on any atom is -0.507 e. The van der Waals surface area contributed by atoms with Gasteiger partial charge in [0.15, 0.2) is 0 Å². The summed E-state index contributed by atoms with van der Waals surface area (Å²) in [4.78, 5) is 12.1. The minimum atomic E-state index is -0.341. The van der Waals surface area contributed by atoms with Gasteiger partial charge < -0.3 is 9.84 Å². The molecule has 5 heteroatoms. The van der Waals surface area contributed by atoms with Gasteiger partial charge in [0.25, 0.3) is 5.91 Å². The van der Waals surface area contributed by atoms with E-state index in [1.165, 1.54) is 11.8 Å². The van der Waals surface area contributed by atoms with E-state index in [0.717, 1.165) is 5.56 Å². The van der Waals surface area contributed by atoms with E-state index >= 15 is 0 Å². The number of carbonyl (C=O) groups is 1. The Kier molecular flexibility index (Phi) is 5.84. The molecule has 0 atom stereocenters. The molecule has 0 spiro atoms. The number of rotatable bonds is 6. The van der Waals surface area contributed by atoms with Crippen molar-refractivity contribution in [2.45, 2.75) is 13.5 Å². The number of hydrazone groups is 1. The predicted molar refractivity (Wildman–Crippen MR) is 105 cm³/mol. The number of aryl methyl sites for hydroxylation is 1. The van der Waals surface area contributed by atoms with Crippen LogP contribution in [0.25, 0.3) is 0 Å². The van der Waals surface area contributed by atoms with Gasteiger partial charge in [-0.05, 0) is 48.9 Å². The van der Waals surface area contributed by atoms with Crippen molar-refractivity contribution in [3.8, 4) is 11.5 Å². The fourth-order valence-electron chi connectivity index (χ4n) is 2.38. The molecule has 2 N–H and O–H groups in total.